The van der Waals surface area contributed by atoms with Gasteiger partial charge in [0.1, 0.15) is 5.82 Å². The van der Waals surface area contributed by atoms with Crippen LogP contribution in [0.2, 0.25) is 0 Å². The second-order valence-electron chi connectivity index (χ2n) is 6.87. The monoisotopic (exact) mass is 283 g/mol. The topological polar surface area (TPSA) is 29.9 Å². The van der Waals surface area contributed by atoms with Crippen LogP contribution in [0.5, 0.6) is 0 Å². The van der Waals surface area contributed by atoms with E-state index in [4.69, 9.17) is 4.98 Å². The predicted octanol–water partition coefficient (Wildman–Crippen LogP) is 4.13. The lowest BCUT2D eigenvalue weighted by molar-refractivity contribution is 0.287. The minimum atomic E-state index is 0.442. The molecule has 112 valence electrons. The Labute approximate surface area is 126 Å². The smallest absolute Gasteiger partial charge is 0.127 e. The lowest BCUT2D eigenvalue weighted by Gasteiger charge is -2.29. The summed E-state index contributed by atoms with van der Waals surface area (Å²) in [5.74, 6) is 2.14. The number of fused-ring (bicyclic) bond motifs is 1. The summed E-state index contributed by atoms with van der Waals surface area (Å²) in [7, 11) is 0. The van der Waals surface area contributed by atoms with Gasteiger partial charge in [-0.2, -0.15) is 0 Å². The van der Waals surface area contributed by atoms with Crippen molar-refractivity contribution in [3.05, 3.63) is 29.6 Å². The molecule has 0 spiro atoms. The molecule has 2 atom stereocenters. The van der Waals surface area contributed by atoms with Gasteiger partial charge in [-0.1, -0.05) is 19.4 Å². The van der Waals surface area contributed by atoms with Crippen molar-refractivity contribution in [2.45, 2.75) is 58.0 Å². The van der Waals surface area contributed by atoms with E-state index in [0.29, 0.717) is 12.1 Å². The number of nitrogens with zero attached hydrogens (tertiary/aromatic N) is 2. The van der Waals surface area contributed by atoms with Gasteiger partial charge in [0.2, 0.25) is 0 Å². The first-order chi connectivity index (χ1) is 10.3. The molecule has 1 aromatic heterocycles. The SMILES string of the molecule is CCC1CCNC(c2nc3cc(C)ccc3n2C2CC2)C1. The molecule has 3 heteroatoms. The van der Waals surface area contributed by atoms with Crippen LogP contribution in [0.4, 0.5) is 0 Å². The fraction of sp³-hybridized carbons (Fsp3) is 0.611. The van der Waals surface area contributed by atoms with Crippen molar-refractivity contribution in [2.24, 2.45) is 5.92 Å². The normalized spacial score (nSPS) is 26.4. The van der Waals surface area contributed by atoms with E-state index in [9.17, 15) is 0 Å². The van der Waals surface area contributed by atoms with Gasteiger partial charge in [-0.15, -0.1) is 0 Å². The zero-order chi connectivity index (χ0) is 14.4. The fourth-order valence-corrected chi connectivity index (χ4v) is 3.75. The standard InChI is InChI=1S/C18H25N3/c1-3-13-8-9-19-16(11-13)18-20-15-10-12(2)4-7-17(15)21(18)14-5-6-14/h4,7,10,13-14,16,19H,3,5-6,8-9,11H2,1-2H3. The average molecular weight is 283 g/mol. The maximum atomic E-state index is 5.03. The fourth-order valence-electron chi connectivity index (χ4n) is 3.75. The number of nitrogens with one attached hydrogen (secondary N) is 1. The van der Waals surface area contributed by atoms with Gasteiger partial charge in [0.05, 0.1) is 17.1 Å². The number of hydrogen-bond donors (Lipinski definition) is 1. The number of aromatic nitrogens is 2. The first-order valence-electron chi connectivity index (χ1n) is 8.48. The quantitative estimate of drug-likeness (QED) is 0.918. The third kappa shape index (κ3) is 2.38. The Kier molecular flexibility index (Phi) is 3.26. The Bertz CT molecular complexity index is 654. The number of hydrogen-bond acceptors (Lipinski definition) is 2. The van der Waals surface area contributed by atoms with Gasteiger partial charge >= 0.3 is 0 Å². The summed E-state index contributed by atoms with van der Waals surface area (Å²) < 4.78 is 2.53. The molecule has 0 radical (unpaired) electrons. The lowest BCUT2D eigenvalue weighted by Crippen LogP contribution is -2.33. The number of benzene rings is 1. The molecule has 0 bridgehead atoms. The molecule has 2 unspecified atom stereocenters. The van der Waals surface area contributed by atoms with Gasteiger partial charge < -0.3 is 9.88 Å². The molecule has 1 aliphatic carbocycles. The minimum absolute atomic E-state index is 0.442. The van der Waals surface area contributed by atoms with E-state index >= 15 is 0 Å². The molecular formula is C18H25N3. The molecule has 1 aliphatic heterocycles. The molecule has 2 fully saturated rings. The van der Waals surface area contributed by atoms with Crippen LogP contribution in [0, 0.1) is 12.8 Å². The van der Waals surface area contributed by atoms with Crippen LogP contribution in [0.1, 0.15) is 62.5 Å². The molecule has 1 saturated carbocycles. The van der Waals surface area contributed by atoms with Crippen molar-refractivity contribution in [3.8, 4) is 0 Å². The van der Waals surface area contributed by atoms with Gasteiger partial charge in [-0.05, 0) is 62.8 Å². The van der Waals surface area contributed by atoms with Crippen LogP contribution in [-0.2, 0) is 0 Å². The summed E-state index contributed by atoms with van der Waals surface area (Å²) in [5, 5.41) is 3.71. The summed E-state index contributed by atoms with van der Waals surface area (Å²) >= 11 is 0. The van der Waals surface area contributed by atoms with E-state index in [-0.39, 0.29) is 0 Å². The Hall–Kier alpha value is -1.35. The number of aryl methyl sites for hydroxylation is 1. The molecule has 2 aromatic rings. The first kappa shape index (κ1) is 13.3. The molecule has 4 rings (SSSR count). The van der Waals surface area contributed by atoms with Gasteiger partial charge in [0, 0.05) is 6.04 Å². The molecule has 21 heavy (non-hydrogen) atoms. The predicted molar refractivity (Wildman–Crippen MR) is 86.5 cm³/mol. The third-order valence-corrected chi connectivity index (χ3v) is 5.19. The maximum absolute atomic E-state index is 5.03. The Morgan fingerprint density at radius 2 is 2.14 bits per heavy atom. The summed E-state index contributed by atoms with van der Waals surface area (Å²) in [6.45, 7) is 5.61. The first-order valence-corrected chi connectivity index (χ1v) is 8.48. The van der Waals surface area contributed by atoms with E-state index in [0.717, 1.165) is 12.5 Å². The highest BCUT2D eigenvalue weighted by atomic mass is 15.2. The summed E-state index contributed by atoms with van der Waals surface area (Å²) in [5.41, 5.74) is 3.81. The molecule has 2 aliphatic rings. The average Bonchev–Trinajstić information content (AvgIpc) is 3.27. The maximum Gasteiger partial charge on any atom is 0.127 e. The van der Waals surface area contributed by atoms with E-state index in [1.165, 1.54) is 54.5 Å². The van der Waals surface area contributed by atoms with Crippen LogP contribution in [0.15, 0.2) is 18.2 Å². The highest BCUT2D eigenvalue weighted by molar-refractivity contribution is 5.77. The van der Waals surface area contributed by atoms with Gasteiger partial charge in [-0.25, -0.2) is 4.98 Å². The van der Waals surface area contributed by atoms with Crippen LogP contribution in [0.25, 0.3) is 11.0 Å². The van der Waals surface area contributed by atoms with E-state index in [1.54, 1.807) is 0 Å². The Morgan fingerprint density at radius 1 is 1.29 bits per heavy atom. The van der Waals surface area contributed by atoms with E-state index in [1.807, 2.05) is 0 Å². The van der Waals surface area contributed by atoms with Gasteiger partial charge in [0.15, 0.2) is 0 Å². The summed E-state index contributed by atoms with van der Waals surface area (Å²) in [4.78, 5) is 5.03. The van der Waals surface area contributed by atoms with Crippen molar-refractivity contribution >= 4 is 11.0 Å². The molecule has 1 aromatic carbocycles. The number of piperidine rings is 1. The van der Waals surface area contributed by atoms with Gasteiger partial charge in [-0.3, -0.25) is 0 Å². The molecule has 0 amide bonds. The molecule has 1 saturated heterocycles. The number of rotatable bonds is 3. The Morgan fingerprint density at radius 3 is 2.90 bits per heavy atom. The highest BCUT2D eigenvalue weighted by Gasteiger charge is 2.32. The van der Waals surface area contributed by atoms with Crippen molar-refractivity contribution in [1.82, 2.24) is 14.9 Å². The van der Waals surface area contributed by atoms with Crippen LogP contribution in [0.3, 0.4) is 0 Å². The molecule has 2 heterocycles. The third-order valence-electron chi connectivity index (χ3n) is 5.19. The molecular weight excluding hydrogens is 258 g/mol. The van der Waals surface area contributed by atoms with E-state index < -0.39 is 0 Å². The zero-order valence-electron chi connectivity index (χ0n) is 13.1. The highest BCUT2D eigenvalue weighted by Crippen LogP contribution is 2.41. The van der Waals surface area contributed by atoms with Crippen LogP contribution >= 0.6 is 0 Å². The Balaban J connectivity index is 1.78. The van der Waals surface area contributed by atoms with Crippen molar-refractivity contribution < 1.29 is 0 Å². The van der Waals surface area contributed by atoms with Crippen molar-refractivity contribution in [2.75, 3.05) is 6.54 Å². The molecule has 3 nitrogen and oxygen atoms in total. The summed E-state index contributed by atoms with van der Waals surface area (Å²) in [6.07, 6.45) is 6.48. The van der Waals surface area contributed by atoms with Gasteiger partial charge in [0.25, 0.3) is 0 Å². The second-order valence-corrected chi connectivity index (χ2v) is 6.87. The zero-order valence-corrected chi connectivity index (χ0v) is 13.1. The number of imidazole rings is 1. The largest absolute Gasteiger partial charge is 0.324 e. The van der Waals surface area contributed by atoms with E-state index in [2.05, 4.69) is 41.9 Å². The van der Waals surface area contributed by atoms with Crippen molar-refractivity contribution in [3.63, 3.8) is 0 Å². The van der Waals surface area contributed by atoms with Crippen LogP contribution < -0.4 is 5.32 Å². The van der Waals surface area contributed by atoms with Crippen LogP contribution in [-0.4, -0.2) is 16.1 Å². The minimum Gasteiger partial charge on any atom is -0.324 e. The molecule has 1 N–H and O–H groups in total. The second kappa shape index (κ2) is 5.13. The van der Waals surface area contributed by atoms with Crippen molar-refractivity contribution in [1.29, 1.82) is 0 Å². The lowest BCUT2D eigenvalue weighted by atomic mass is 9.90. The summed E-state index contributed by atoms with van der Waals surface area (Å²) in [6, 6.07) is 7.85.